The molecule has 0 saturated heterocycles. The average Bonchev–Trinajstić information content (AvgIpc) is 3.57. The van der Waals surface area contributed by atoms with Gasteiger partial charge >= 0.3 is 0 Å². The summed E-state index contributed by atoms with van der Waals surface area (Å²) in [5, 5.41) is 0.316. The van der Waals surface area contributed by atoms with Crippen LogP contribution in [0.15, 0.2) is 88.7 Å². The van der Waals surface area contributed by atoms with Crippen molar-refractivity contribution >= 4 is 23.6 Å². The number of hydrogen-bond donors (Lipinski definition) is 2. The minimum Gasteiger partial charge on any atom is -0.366 e. The van der Waals surface area contributed by atoms with E-state index in [9.17, 15) is 14.4 Å². The summed E-state index contributed by atoms with van der Waals surface area (Å²) in [6.45, 7) is 8.07. The van der Waals surface area contributed by atoms with E-state index in [0.717, 1.165) is 12.0 Å². The molecule has 1 aliphatic heterocycles. The van der Waals surface area contributed by atoms with Gasteiger partial charge in [0, 0.05) is 28.8 Å². The maximum absolute atomic E-state index is 11.5. The number of primary amides is 2. The van der Waals surface area contributed by atoms with Crippen LogP contribution in [0.1, 0.15) is 62.7 Å². The molecular weight excluding hydrogens is 470 g/mol. The third-order valence-corrected chi connectivity index (χ3v) is 7.37. The van der Waals surface area contributed by atoms with Gasteiger partial charge in [-0.15, -0.1) is 11.8 Å². The number of benzene rings is 1. The van der Waals surface area contributed by atoms with Crippen LogP contribution >= 0.6 is 11.8 Å². The number of pyridine rings is 1. The highest BCUT2D eigenvalue weighted by atomic mass is 32.2. The SMILES string of the molecule is C1CCCC1.C=C(/C=C\C1SC(C(N)=O)=CC1C)CC.NC(=O)c1ccc(-n2ccccc2=O)cc1. The van der Waals surface area contributed by atoms with Gasteiger partial charge in [-0.1, -0.05) is 82.4 Å². The number of aromatic nitrogens is 1. The molecule has 0 spiro atoms. The van der Waals surface area contributed by atoms with Crippen LogP contribution in [0.2, 0.25) is 0 Å². The monoisotopic (exact) mass is 507 g/mol. The highest BCUT2D eigenvalue weighted by molar-refractivity contribution is 8.05. The Balaban J connectivity index is 0.000000213. The van der Waals surface area contributed by atoms with Gasteiger partial charge in [-0.2, -0.15) is 0 Å². The van der Waals surface area contributed by atoms with Crippen molar-refractivity contribution in [3.05, 3.63) is 99.9 Å². The molecule has 1 fully saturated rings. The molecule has 2 atom stereocenters. The first-order valence-corrected chi connectivity index (χ1v) is 13.2. The topological polar surface area (TPSA) is 108 Å². The van der Waals surface area contributed by atoms with Crippen molar-refractivity contribution in [1.29, 1.82) is 0 Å². The normalized spacial score (nSPS) is 18.4. The Morgan fingerprint density at radius 1 is 1.03 bits per heavy atom. The van der Waals surface area contributed by atoms with Crippen molar-refractivity contribution in [2.45, 2.75) is 57.6 Å². The Kier molecular flexibility index (Phi) is 12.0. The van der Waals surface area contributed by atoms with E-state index >= 15 is 0 Å². The average molecular weight is 508 g/mol. The maximum atomic E-state index is 11.5. The number of amides is 2. The zero-order valence-corrected chi connectivity index (χ0v) is 22.0. The number of thioether (sulfide) groups is 1. The maximum Gasteiger partial charge on any atom is 0.255 e. The van der Waals surface area contributed by atoms with Crippen molar-refractivity contribution in [3.8, 4) is 5.69 Å². The number of carbonyl (C=O) groups is 2. The molecule has 4 rings (SSSR count). The second-order valence-corrected chi connectivity index (χ2v) is 10.0. The first-order chi connectivity index (χ1) is 17.2. The zero-order valence-electron chi connectivity index (χ0n) is 21.2. The lowest BCUT2D eigenvalue weighted by Crippen LogP contribution is -2.16. The summed E-state index contributed by atoms with van der Waals surface area (Å²) >= 11 is 1.54. The summed E-state index contributed by atoms with van der Waals surface area (Å²) in [5.41, 5.74) is 12.5. The molecule has 1 aromatic heterocycles. The lowest BCUT2D eigenvalue weighted by atomic mass is 10.1. The summed E-state index contributed by atoms with van der Waals surface area (Å²) in [6.07, 6.45) is 16.2. The fraction of sp³-hybridized carbons (Fsp3) is 0.345. The molecule has 1 aromatic carbocycles. The minimum atomic E-state index is -0.480. The third-order valence-electron chi connectivity index (χ3n) is 5.92. The molecule has 7 heteroatoms. The van der Waals surface area contributed by atoms with Gasteiger partial charge in [0.1, 0.15) is 0 Å². The van der Waals surface area contributed by atoms with Crippen molar-refractivity contribution in [2.75, 3.05) is 0 Å². The van der Waals surface area contributed by atoms with Crippen LogP contribution in [0.4, 0.5) is 0 Å². The van der Waals surface area contributed by atoms with Crippen LogP contribution in [0.25, 0.3) is 5.69 Å². The quantitative estimate of drug-likeness (QED) is 0.502. The van der Waals surface area contributed by atoms with Crippen LogP contribution in [0.3, 0.4) is 0 Å². The standard InChI is InChI=1S/C12H10N2O2.C12H17NOS.C5H10/c13-12(16)9-4-6-10(7-5-9)14-8-2-1-3-11(14)15;1-4-8(2)5-6-10-9(3)7-11(15-10)12(13)14;1-2-4-5-3-1/h1-8H,(H2,13,16);5-7,9-10H,2,4H2,1,3H3,(H2,13,14);1-5H2/b;6-5-;. The molecule has 0 radical (unpaired) electrons. The zero-order chi connectivity index (χ0) is 26.5. The fourth-order valence-corrected chi connectivity index (χ4v) is 4.79. The number of nitrogens with zero attached hydrogens (tertiary/aromatic N) is 1. The number of nitrogens with two attached hydrogens (primary N) is 2. The Morgan fingerprint density at radius 2 is 1.64 bits per heavy atom. The van der Waals surface area contributed by atoms with E-state index in [2.05, 4.69) is 26.5 Å². The van der Waals surface area contributed by atoms with Crippen molar-refractivity contribution in [2.24, 2.45) is 17.4 Å². The predicted octanol–water partition coefficient (Wildman–Crippen LogP) is 5.52. The summed E-state index contributed by atoms with van der Waals surface area (Å²) in [7, 11) is 0. The molecule has 36 heavy (non-hydrogen) atoms. The van der Waals surface area contributed by atoms with E-state index < -0.39 is 5.91 Å². The van der Waals surface area contributed by atoms with Crippen molar-refractivity contribution in [1.82, 2.24) is 4.57 Å². The van der Waals surface area contributed by atoms with Gasteiger partial charge in [-0.05, 0) is 42.7 Å². The van der Waals surface area contributed by atoms with Gasteiger partial charge in [-0.3, -0.25) is 19.0 Å². The number of rotatable bonds is 6. The molecule has 2 unspecified atom stereocenters. The van der Waals surface area contributed by atoms with E-state index in [1.54, 1.807) is 42.6 Å². The Morgan fingerprint density at radius 3 is 2.11 bits per heavy atom. The van der Waals surface area contributed by atoms with E-state index in [0.29, 0.717) is 27.3 Å². The molecule has 0 bridgehead atoms. The summed E-state index contributed by atoms with van der Waals surface area (Å²) in [5.74, 6) is -0.442. The molecule has 1 saturated carbocycles. The Labute approximate surface area is 218 Å². The fourth-order valence-electron chi connectivity index (χ4n) is 3.64. The summed E-state index contributed by atoms with van der Waals surface area (Å²) < 4.78 is 1.49. The summed E-state index contributed by atoms with van der Waals surface area (Å²) in [4.78, 5) is 34.0. The molecule has 6 nitrogen and oxygen atoms in total. The van der Waals surface area contributed by atoms with Gasteiger partial charge in [0.2, 0.25) is 5.91 Å². The van der Waals surface area contributed by atoms with Crippen LogP contribution in [-0.2, 0) is 4.79 Å². The van der Waals surface area contributed by atoms with Crippen LogP contribution in [0.5, 0.6) is 0 Å². The predicted molar refractivity (Wildman–Crippen MR) is 150 cm³/mol. The highest BCUT2D eigenvalue weighted by Crippen LogP contribution is 2.37. The highest BCUT2D eigenvalue weighted by Gasteiger charge is 2.25. The summed E-state index contributed by atoms with van der Waals surface area (Å²) in [6, 6.07) is 11.5. The van der Waals surface area contributed by atoms with Gasteiger partial charge in [0.25, 0.3) is 11.5 Å². The second-order valence-electron chi connectivity index (χ2n) is 8.80. The van der Waals surface area contributed by atoms with Crippen molar-refractivity contribution in [3.63, 3.8) is 0 Å². The third kappa shape index (κ3) is 9.38. The van der Waals surface area contributed by atoms with Crippen LogP contribution in [-0.4, -0.2) is 21.6 Å². The molecule has 1 aliphatic carbocycles. The molecule has 2 aromatic rings. The van der Waals surface area contributed by atoms with Crippen LogP contribution in [0, 0.1) is 5.92 Å². The van der Waals surface area contributed by atoms with E-state index in [4.69, 9.17) is 11.5 Å². The number of allylic oxidation sites excluding steroid dienone is 3. The number of hydrogen-bond acceptors (Lipinski definition) is 4. The molecule has 2 amide bonds. The molecule has 2 heterocycles. The molecule has 192 valence electrons. The Bertz CT molecular complexity index is 1140. The second kappa shape index (κ2) is 14.9. The molecular formula is C29H37N3O3S. The first-order valence-electron chi connectivity index (χ1n) is 12.3. The van der Waals surface area contributed by atoms with Gasteiger partial charge in [0.15, 0.2) is 0 Å². The molecule has 4 N–H and O–H groups in total. The first kappa shape index (κ1) is 28.9. The van der Waals surface area contributed by atoms with Gasteiger partial charge in [0.05, 0.1) is 4.91 Å². The molecule has 2 aliphatic rings. The lowest BCUT2D eigenvalue weighted by molar-refractivity contribution is -0.113. The number of carbonyl (C=O) groups excluding carboxylic acids is 2. The van der Waals surface area contributed by atoms with Crippen LogP contribution < -0.4 is 17.0 Å². The van der Waals surface area contributed by atoms with Crippen molar-refractivity contribution < 1.29 is 9.59 Å². The largest absolute Gasteiger partial charge is 0.366 e. The van der Waals surface area contributed by atoms with E-state index in [-0.39, 0.29) is 11.5 Å². The smallest absolute Gasteiger partial charge is 0.255 e. The van der Waals surface area contributed by atoms with Gasteiger partial charge < -0.3 is 11.5 Å². The van der Waals surface area contributed by atoms with Gasteiger partial charge in [-0.25, -0.2) is 0 Å². The van der Waals surface area contributed by atoms with E-state index in [1.165, 1.54) is 54.5 Å². The minimum absolute atomic E-state index is 0.116. The lowest BCUT2D eigenvalue weighted by Gasteiger charge is -2.08. The Hall–Kier alpha value is -3.32. The van der Waals surface area contributed by atoms with E-state index in [1.807, 2.05) is 12.2 Å².